The number of anilines is 3. The monoisotopic (exact) mass is 440 g/mol. The van der Waals surface area contributed by atoms with Crippen molar-refractivity contribution in [1.82, 2.24) is 0 Å². The Morgan fingerprint density at radius 2 is 1.52 bits per heavy atom. The highest BCUT2D eigenvalue weighted by atomic mass is 33.1. The SMILES string of the molecule is CN(C)c1ccc(SC2=C3CCC4=NN(c5ccc(N(C)C)cc5)S(=C43)S2)cc1. The van der Waals surface area contributed by atoms with Crippen molar-refractivity contribution >= 4 is 59.9 Å². The number of nitrogens with zero attached hydrogens (tertiary/aromatic N) is 4. The first-order chi connectivity index (χ1) is 14.0. The molecule has 0 saturated heterocycles. The van der Waals surface area contributed by atoms with E-state index < -0.39 is 0 Å². The minimum Gasteiger partial charge on any atom is -0.378 e. The van der Waals surface area contributed by atoms with Crippen LogP contribution in [0.25, 0.3) is 0 Å². The van der Waals surface area contributed by atoms with Gasteiger partial charge in [0.2, 0.25) is 0 Å². The van der Waals surface area contributed by atoms with Crippen LogP contribution in [-0.2, 0) is 0 Å². The average Bonchev–Trinajstić information content (AvgIpc) is 3.38. The normalized spacial score (nSPS) is 19.7. The van der Waals surface area contributed by atoms with Gasteiger partial charge in [-0.2, -0.15) is 5.10 Å². The zero-order valence-electron chi connectivity index (χ0n) is 17.0. The predicted molar refractivity (Wildman–Crippen MR) is 134 cm³/mol. The Kier molecular flexibility index (Phi) is 4.92. The quantitative estimate of drug-likeness (QED) is 0.431. The molecule has 1 atom stereocenters. The topological polar surface area (TPSA) is 22.1 Å². The summed E-state index contributed by atoms with van der Waals surface area (Å²) in [4.78, 5) is 7.08. The molecule has 0 N–H and O–H groups in total. The van der Waals surface area contributed by atoms with E-state index in [0.29, 0.717) is 0 Å². The molecule has 4 nitrogen and oxygen atoms in total. The molecule has 0 amide bonds. The van der Waals surface area contributed by atoms with E-state index in [1.807, 2.05) is 22.6 Å². The van der Waals surface area contributed by atoms with Crippen molar-refractivity contribution in [3.05, 3.63) is 58.3 Å². The maximum atomic E-state index is 4.99. The van der Waals surface area contributed by atoms with Crippen LogP contribution in [0, 0.1) is 0 Å². The Bertz CT molecular complexity index is 1050. The molecule has 0 aromatic heterocycles. The molecule has 1 saturated carbocycles. The molecule has 2 aliphatic heterocycles. The number of hydrogen-bond acceptors (Lipinski definition) is 6. The fourth-order valence-corrected chi connectivity index (χ4v) is 10.0. The van der Waals surface area contributed by atoms with Gasteiger partial charge in [-0.1, -0.05) is 11.8 Å². The molecular formula is C22H24N4S3. The highest BCUT2D eigenvalue weighted by molar-refractivity contribution is 8.88. The maximum absolute atomic E-state index is 4.99. The van der Waals surface area contributed by atoms with Crippen LogP contribution in [0.4, 0.5) is 17.1 Å². The standard InChI is InChI=1S/C22H24N4S3/c1-24(2)15-5-7-17(8-6-15)26-23-20-14-13-19-21(20)29(26)28-22(19)27-18-11-9-16(10-12-18)25(3)4/h5-12H,13-14H2,1-4H3. The summed E-state index contributed by atoms with van der Waals surface area (Å²) in [6.45, 7) is 0. The van der Waals surface area contributed by atoms with Crippen LogP contribution in [0.3, 0.4) is 0 Å². The fraction of sp³-hybridized carbons (Fsp3) is 0.273. The Morgan fingerprint density at radius 3 is 2.14 bits per heavy atom. The molecule has 1 unspecified atom stereocenters. The van der Waals surface area contributed by atoms with Gasteiger partial charge in [0.05, 0.1) is 20.5 Å². The largest absolute Gasteiger partial charge is 0.378 e. The van der Waals surface area contributed by atoms with Crippen LogP contribution >= 0.6 is 32.3 Å². The Hall–Kier alpha value is -1.83. The van der Waals surface area contributed by atoms with Crippen molar-refractivity contribution in [2.45, 2.75) is 17.7 Å². The Balaban J connectivity index is 1.39. The van der Waals surface area contributed by atoms with Crippen LogP contribution in [0.15, 0.2) is 68.3 Å². The van der Waals surface area contributed by atoms with Crippen molar-refractivity contribution in [2.75, 3.05) is 42.4 Å². The molecule has 0 spiro atoms. The summed E-state index contributed by atoms with van der Waals surface area (Å²) in [6, 6.07) is 17.6. The van der Waals surface area contributed by atoms with E-state index in [4.69, 9.17) is 5.10 Å². The minimum absolute atomic E-state index is 0.0409. The summed E-state index contributed by atoms with van der Waals surface area (Å²) in [6.07, 6.45) is 2.21. The van der Waals surface area contributed by atoms with Crippen molar-refractivity contribution < 1.29 is 0 Å². The van der Waals surface area contributed by atoms with E-state index in [1.54, 1.807) is 0 Å². The number of hydrazone groups is 1. The predicted octanol–water partition coefficient (Wildman–Crippen LogP) is 5.81. The summed E-state index contributed by atoms with van der Waals surface area (Å²) in [7, 11) is 10.3. The van der Waals surface area contributed by atoms with Gasteiger partial charge in [-0.15, -0.1) is 0 Å². The van der Waals surface area contributed by atoms with Gasteiger partial charge in [0, 0.05) is 54.2 Å². The highest BCUT2D eigenvalue weighted by Gasteiger charge is 2.40. The smallest absolute Gasteiger partial charge is 0.0780 e. The van der Waals surface area contributed by atoms with Gasteiger partial charge in [0.25, 0.3) is 0 Å². The first-order valence-corrected chi connectivity index (χ1v) is 13.0. The van der Waals surface area contributed by atoms with E-state index in [-0.39, 0.29) is 9.70 Å². The number of benzene rings is 2. The lowest BCUT2D eigenvalue weighted by atomic mass is 10.2. The van der Waals surface area contributed by atoms with Crippen LogP contribution in [0.2, 0.25) is 0 Å². The molecule has 5 rings (SSSR count). The van der Waals surface area contributed by atoms with Crippen LogP contribution in [-0.4, -0.2) is 38.8 Å². The molecule has 1 aliphatic carbocycles. The third kappa shape index (κ3) is 3.39. The summed E-state index contributed by atoms with van der Waals surface area (Å²) in [5, 5.41) is 4.99. The maximum Gasteiger partial charge on any atom is 0.0780 e. The number of rotatable bonds is 5. The van der Waals surface area contributed by atoms with Crippen LogP contribution in [0.1, 0.15) is 12.8 Å². The Morgan fingerprint density at radius 1 is 0.897 bits per heavy atom. The minimum atomic E-state index is -0.0409. The van der Waals surface area contributed by atoms with Gasteiger partial charge >= 0.3 is 0 Å². The Labute approximate surface area is 183 Å². The summed E-state index contributed by atoms with van der Waals surface area (Å²) in [5.41, 5.74) is 6.47. The van der Waals surface area contributed by atoms with Gasteiger partial charge in [-0.3, -0.25) is 0 Å². The van der Waals surface area contributed by atoms with Gasteiger partial charge < -0.3 is 9.80 Å². The van der Waals surface area contributed by atoms with Crippen molar-refractivity contribution in [3.8, 4) is 0 Å². The van der Waals surface area contributed by atoms with Crippen molar-refractivity contribution in [1.29, 1.82) is 0 Å². The lowest BCUT2D eigenvalue weighted by molar-refractivity contribution is 1.09. The van der Waals surface area contributed by atoms with Gasteiger partial charge in [0.1, 0.15) is 0 Å². The van der Waals surface area contributed by atoms with E-state index in [2.05, 4.69) is 90.9 Å². The van der Waals surface area contributed by atoms with Crippen molar-refractivity contribution in [2.24, 2.45) is 5.10 Å². The van der Waals surface area contributed by atoms with Crippen LogP contribution in [0.5, 0.6) is 0 Å². The molecule has 1 fully saturated rings. The number of hydrogen-bond donors (Lipinski definition) is 0. The van der Waals surface area contributed by atoms with Gasteiger partial charge in [-0.05, 0) is 77.7 Å². The molecule has 0 radical (unpaired) electrons. The molecule has 2 heterocycles. The summed E-state index contributed by atoms with van der Waals surface area (Å²) in [5.74, 6) is 0. The van der Waals surface area contributed by atoms with Gasteiger partial charge in [-0.25, -0.2) is 4.41 Å². The number of thioether (sulfide) groups is 1. The molecule has 29 heavy (non-hydrogen) atoms. The van der Waals surface area contributed by atoms with Crippen molar-refractivity contribution in [3.63, 3.8) is 0 Å². The first-order valence-electron chi connectivity index (χ1n) is 9.65. The molecule has 0 bridgehead atoms. The summed E-state index contributed by atoms with van der Waals surface area (Å²) < 4.78 is 3.71. The molecular weight excluding hydrogens is 416 g/mol. The zero-order chi connectivity index (χ0) is 20.1. The lowest BCUT2D eigenvalue weighted by Gasteiger charge is -2.20. The molecule has 7 heteroatoms. The fourth-order valence-electron chi connectivity index (χ4n) is 3.60. The molecule has 3 aliphatic rings. The third-order valence-corrected chi connectivity index (χ3v) is 10.9. The van der Waals surface area contributed by atoms with Crippen LogP contribution < -0.4 is 14.2 Å². The van der Waals surface area contributed by atoms with E-state index in [1.165, 1.54) is 42.3 Å². The lowest BCUT2D eigenvalue weighted by Crippen LogP contribution is -2.09. The third-order valence-electron chi connectivity index (χ3n) is 5.24. The van der Waals surface area contributed by atoms with E-state index >= 15 is 0 Å². The second-order valence-electron chi connectivity index (χ2n) is 7.65. The second-order valence-corrected chi connectivity index (χ2v) is 12.3. The number of allylic oxidation sites excluding steroid dienone is 1. The highest BCUT2D eigenvalue weighted by Crippen LogP contribution is 2.61. The average molecular weight is 441 g/mol. The molecule has 2 aromatic carbocycles. The summed E-state index contributed by atoms with van der Waals surface area (Å²) >= 11 is 1.91. The molecule has 150 valence electrons. The first kappa shape index (κ1) is 19.2. The van der Waals surface area contributed by atoms with E-state index in [9.17, 15) is 0 Å². The molecule has 2 aromatic rings. The van der Waals surface area contributed by atoms with E-state index in [0.717, 1.165) is 12.8 Å². The zero-order valence-corrected chi connectivity index (χ0v) is 19.5. The van der Waals surface area contributed by atoms with Gasteiger partial charge in [0.15, 0.2) is 0 Å². The second kappa shape index (κ2) is 7.45.